The van der Waals surface area contributed by atoms with Crippen molar-refractivity contribution in [2.75, 3.05) is 13.2 Å². The predicted octanol–water partition coefficient (Wildman–Crippen LogP) is -1.01. The summed E-state index contributed by atoms with van der Waals surface area (Å²) in [6, 6.07) is -0.685. The minimum atomic E-state index is -0.685. The normalized spacial score (nSPS) is 23.3. The second-order valence-corrected chi connectivity index (χ2v) is 1.73. The highest BCUT2D eigenvalue weighted by atomic mass is 16.7. The highest BCUT2D eigenvalue weighted by Crippen LogP contribution is 2.07. The number of rotatable bonds is 3. The van der Waals surface area contributed by atoms with Crippen molar-refractivity contribution in [1.82, 2.24) is 5.48 Å². The Labute approximate surface area is 52.1 Å². The lowest BCUT2D eigenvalue weighted by Gasteiger charge is -1.97. The van der Waals surface area contributed by atoms with Crippen molar-refractivity contribution in [1.29, 1.82) is 0 Å². The summed E-state index contributed by atoms with van der Waals surface area (Å²) >= 11 is 0. The van der Waals surface area contributed by atoms with Gasteiger partial charge in [0, 0.05) is 0 Å². The zero-order chi connectivity index (χ0) is 6.69. The molecule has 1 rings (SSSR count). The van der Waals surface area contributed by atoms with Crippen LogP contribution in [0.15, 0.2) is 0 Å². The fourth-order valence-electron chi connectivity index (χ4n) is 0.370. The summed E-state index contributed by atoms with van der Waals surface area (Å²) in [5, 5.41) is 0. The van der Waals surface area contributed by atoms with Crippen molar-refractivity contribution in [2.45, 2.75) is 6.10 Å². The van der Waals surface area contributed by atoms with Crippen LogP contribution < -0.4 is 11.2 Å². The lowest BCUT2D eigenvalue weighted by atomic mass is 10.5. The van der Waals surface area contributed by atoms with Gasteiger partial charge in [0.2, 0.25) is 0 Å². The molecule has 1 fully saturated rings. The molecule has 0 spiro atoms. The maximum Gasteiger partial charge on any atom is 0.336 e. The molecule has 0 aromatic rings. The second kappa shape index (κ2) is 2.65. The van der Waals surface area contributed by atoms with Crippen molar-refractivity contribution >= 4 is 6.03 Å². The van der Waals surface area contributed by atoms with Crippen molar-refractivity contribution in [3.63, 3.8) is 0 Å². The molecule has 5 nitrogen and oxygen atoms in total. The summed E-state index contributed by atoms with van der Waals surface area (Å²) in [5.41, 5.74) is 6.66. The number of primary amides is 1. The van der Waals surface area contributed by atoms with Gasteiger partial charge in [-0.2, -0.15) is 0 Å². The monoisotopic (exact) mass is 132 g/mol. The Morgan fingerprint density at radius 3 is 3.11 bits per heavy atom. The molecule has 1 unspecified atom stereocenters. The number of nitrogens with two attached hydrogens (primary N) is 1. The Morgan fingerprint density at radius 1 is 2.00 bits per heavy atom. The van der Waals surface area contributed by atoms with Crippen LogP contribution in [0.5, 0.6) is 0 Å². The Kier molecular flexibility index (Phi) is 1.86. The van der Waals surface area contributed by atoms with E-state index in [0.717, 1.165) is 0 Å². The lowest BCUT2D eigenvalue weighted by molar-refractivity contribution is 0.0535. The topological polar surface area (TPSA) is 76.9 Å². The van der Waals surface area contributed by atoms with Crippen LogP contribution in [-0.4, -0.2) is 25.3 Å². The molecule has 0 saturated carbocycles. The molecule has 0 aromatic carbocycles. The Bertz CT molecular complexity index is 112. The molecule has 1 aliphatic heterocycles. The van der Waals surface area contributed by atoms with E-state index in [1.54, 1.807) is 0 Å². The zero-order valence-electron chi connectivity index (χ0n) is 4.79. The van der Waals surface area contributed by atoms with Gasteiger partial charge >= 0.3 is 6.03 Å². The first kappa shape index (κ1) is 6.31. The molecule has 0 bridgehead atoms. The molecule has 1 atom stereocenters. The average molecular weight is 132 g/mol. The molecule has 1 heterocycles. The van der Waals surface area contributed by atoms with E-state index in [4.69, 9.17) is 4.74 Å². The first-order chi connectivity index (χ1) is 4.29. The number of nitrogens with one attached hydrogen (secondary N) is 1. The van der Waals surface area contributed by atoms with Crippen LogP contribution >= 0.6 is 0 Å². The molecule has 0 radical (unpaired) electrons. The van der Waals surface area contributed by atoms with Crippen LogP contribution in [0.4, 0.5) is 4.79 Å². The second-order valence-electron chi connectivity index (χ2n) is 1.73. The Balaban J connectivity index is 1.86. The Morgan fingerprint density at radius 2 is 2.67 bits per heavy atom. The highest BCUT2D eigenvalue weighted by Gasteiger charge is 2.22. The summed E-state index contributed by atoms with van der Waals surface area (Å²) in [6.45, 7) is 1.09. The van der Waals surface area contributed by atoms with Gasteiger partial charge in [-0.05, 0) is 0 Å². The van der Waals surface area contributed by atoms with Crippen LogP contribution in [-0.2, 0) is 9.57 Å². The molecular weight excluding hydrogens is 124 g/mol. The molecule has 1 aliphatic rings. The van der Waals surface area contributed by atoms with E-state index in [0.29, 0.717) is 13.2 Å². The number of urea groups is 1. The lowest BCUT2D eigenvalue weighted by Crippen LogP contribution is -2.30. The molecule has 9 heavy (non-hydrogen) atoms. The molecule has 0 aromatic heterocycles. The standard InChI is InChI=1S/C4H8N2O3/c5-4(7)6-9-2-3-1-8-3/h3H,1-2H2,(H3,5,6,7). The fourth-order valence-corrected chi connectivity index (χ4v) is 0.370. The van der Waals surface area contributed by atoms with Gasteiger partial charge in [0.25, 0.3) is 0 Å². The summed E-state index contributed by atoms with van der Waals surface area (Å²) in [7, 11) is 0. The first-order valence-corrected chi connectivity index (χ1v) is 2.58. The number of ether oxygens (including phenoxy) is 1. The number of epoxide rings is 1. The Hall–Kier alpha value is -0.810. The molecule has 0 aliphatic carbocycles. The largest absolute Gasteiger partial charge is 0.371 e. The van der Waals surface area contributed by atoms with E-state index < -0.39 is 6.03 Å². The van der Waals surface area contributed by atoms with E-state index >= 15 is 0 Å². The number of amides is 2. The minimum Gasteiger partial charge on any atom is -0.371 e. The predicted molar refractivity (Wildman–Crippen MR) is 28.4 cm³/mol. The summed E-state index contributed by atoms with van der Waals surface area (Å²) in [5.74, 6) is 0. The molecule has 1 saturated heterocycles. The summed E-state index contributed by atoms with van der Waals surface area (Å²) in [6.07, 6.45) is 0.150. The number of hydroxylamine groups is 1. The zero-order valence-corrected chi connectivity index (χ0v) is 4.79. The maximum atomic E-state index is 9.95. The van der Waals surface area contributed by atoms with Crippen LogP contribution in [0.25, 0.3) is 0 Å². The van der Waals surface area contributed by atoms with Gasteiger partial charge in [0.05, 0.1) is 6.61 Å². The van der Waals surface area contributed by atoms with Crippen LogP contribution in [0.1, 0.15) is 0 Å². The van der Waals surface area contributed by atoms with E-state index in [1.807, 2.05) is 5.48 Å². The van der Waals surface area contributed by atoms with Gasteiger partial charge in [-0.1, -0.05) is 0 Å². The van der Waals surface area contributed by atoms with Gasteiger partial charge in [0.15, 0.2) is 0 Å². The van der Waals surface area contributed by atoms with E-state index in [2.05, 4.69) is 10.6 Å². The third-order valence-electron chi connectivity index (χ3n) is 0.844. The molecule has 3 N–H and O–H groups in total. The van der Waals surface area contributed by atoms with Crippen molar-refractivity contribution in [3.05, 3.63) is 0 Å². The summed E-state index contributed by atoms with van der Waals surface area (Å²) < 4.78 is 4.77. The molecule has 52 valence electrons. The third kappa shape index (κ3) is 2.89. The number of hydrogen-bond donors (Lipinski definition) is 2. The highest BCUT2D eigenvalue weighted by molar-refractivity contribution is 5.70. The van der Waals surface area contributed by atoms with Crippen LogP contribution in [0.3, 0.4) is 0 Å². The molecular formula is C4H8N2O3. The third-order valence-corrected chi connectivity index (χ3v) is 0.844. The number of carbonyl (C=O) groups excluding carboxylic acids is 1. The SMILES string of the molecule is NC(=O)NOCC1CO1. The fraction of sp³-hybridized carbons (Fsp3) is 0.750. The van der Waals surface area contributed by atoms with Gasteiger partial charge in [-0.15, -0.1) is 0 Å². The van der Waals surface area contributed by atoms with Crippen LogP contribution in [0, 0.1) is 0 Å². The average Bonchev–Trinajstić information content (AvgIpc) is 2.48. The van der Waals surface area contributed by atoms with Gasteiger partial charge in [0.1, 0.15) is 12.7 Å². The van der Waals surface area contributed by atoms with E-state index in [1.165, 1.54) is 0 Å². The summed E-state index contributed by atoms with van der Waals surface area (Å²) in [4.78, 5) is 14.5. The van der Waals surface area contributed by atoms with Crippen molar-refractivity contribution in [3.8, 4) is 0 Å². The first-order valence-electron chi connectivity index (χ1n) is 2.58. The quantitative estimate of drug-likeness (QED) is 0.381. The van der Waals surface area contributed by atoms with Gasteiger partial charge < -0.3 is 10.5 Å². The smallest absolute Gasteiger partial charge is 0.336 e. The minimum absolute atomic E-state index is 0.150. The van der Waals surface area contributed by atoms with E-state index in [9.17, 15) is 4.79 Å². The van der Waals surface area contributed by atoms with Gasteiger partial charge in [-0.3, -0.25) is 4.84 Å². The molecule has 5 heteroatoms. The molecule has 2 amide bonds. The van der Waals surface area contributed by atoms with Gasteiger partial charge in [-0.25, -0.2) is 10.3 Å². The van der Waals surface area contributed by atoms with Crippen molar-refractivity contribution in [2.24, 2.45) is 5.73 Å². The maximum absolute atomic E-state index is 9.95. The van der Waals surface area contributed by atoms with E-state index in [-0.39, 0.29) is 6.10 Å². The number of carbonyl (C=O) groups is 1. The number of hydrogen-bond acceptors (Lipinski definition) is 3. The van der Waals surface area contributed by atoms with Crippen molar-refractivity contribution < 1.29 is 14.4 Å². The van der Waals surface area contributed by atoms with Crippen LogP contribution in [0.2, 0.25) is 0 Å².